The number of para-hydroxylation sites is 2. The van der Waals surface area contributed by atoms with Gasteiger partial charge >= 0.3 is 0 Å². The van der Waals surface area contributed by atoms with E-state index in [0.29, 0.717) is 23.3 Å². The van der Waals surface area contributed by atoms with E-state index in [0.717, 1.165) is 11.1 Å². The fourth-order valence-electron chi connectivity index (χ4n) is 3.75. The van der Waals surface area contributed by atoms with Crippen molar-refractivity contribution in [1.82, 2.24) is 14.9 Å². The molecule has 0 saturated heterocycles. The summed E-state index contributed by atoms with van der Waals surface area (Å²) in [6, 6.07) is 24.3. The first-order valence-corrected chi connectivity index (χ1v) is 11.2. The lowest BCUT2D eigenvalue weighted by Crippen LogP contribution is -2.32. The zero-order valence-corrected chi connectivity index (χ0v) is 19.0. The van der Waals surface area contributed by atoms with Crippen molar-refractivity contribution in [2.45, 2.75) is 32.9 Å². The molecule has 7 nitrogen and oxygen atoms in total. The summed E-state index contributed by atoms with van der Waals surface area (Å²) in [5, 5.41) is 5.71. The molecule has 7 heteroatoms. The fourth-order valence-corrected chi connectivity index (χ4v) is 3.75. The summed E-state index contributed by atoms with van der Waals surface area (Å²) in [7, 11) is 0. The normalized spacial score (nSPS) is 10.7. The molecule has 0 aliphatic rings. The van der Waals surface area contributed by atoms with Crippen LogP contribution in [0.2, 0.25) is 0 Å². The van der Waals surface area contributed by atoms with Crippen molar-refractivity contribution >= 4 is 28.5 Å². The molecule has 0 aliphatic carbocycles. The Morgan fingerprint density at radius 2 is 1.68 bits per heavy atom. The number of nitrogens with one attached hydrogen (secondary N) is 2. The smallest absolute Gasteiger partial charge is 0.273 e. The van der Waals surface area contributed by atoms with Gasteiger partial charge in [0.15, 0.2) is 0 Å². The average Bonchev–Trinajstić information content (AvgIpc) is 2.84. The van der Waals surface area contributed by atoms with Gasteiger partial charge in [-0.15, -0.1) is 0 Å². The lowest BCUT2D eigenvalue weighted by molar-refractivity contribution is -0.121. The maximum Gasteiger partial charge on any atom is 0.273 e. The van der Waals surface area contributed by atoms with Gasteiger partial charge in [0.2, 0.25) is 11.8 Å². The van der Waals surface area contributed by atoms with E-state index in [1.807, 2.05) is 61.5 Å². The van der Waals surface area contributed by atoms with Gasteiger partial charge in [0.1, 0.15) is 12.2 Å². The van der Waals surface area contributed by atoms with Crippen molar-refractivity contribution < 1.29 is 9.59 Å². The van der Waals surface area contributed by atoms with Gasteiger partial charge in [0.25, 0.3) is 5.56 Å². The number of aryl methyl sites for hydroxylation is 2. The number of amides is 2. The second kappa shape index (κ2) is 10.6. The van der Waals surface area contributed by atoms with Gasteiger partial charge in [-0.3, -0.25) is 19.0 Å². The summed E-state index contributed by atoms with van der Waals surface area (Å²) in [6.07, 6.45) is 0.312. The first-order chi connectivity index (χ1) is 16.5. The van der Waals surface area contributed by atoms with Gasteiger partial charge in [0.05, 0.1) is 11.0 Å². The molecule has 1 aromatic heterocycles. The molecule has 2 N–H and O–H groups in total. The van der Waals surface area contributed by atoms with Gasteiger partial charge in [-0.1, -0.05) is 54.6 Å². The molecule has 0 unspecified atom stereocenters. The number of aromatic nitrogens is 2. The summed E-state index contributed by atoms with van der Waals surface area (Å²) >= 11 is 0. The minimum absolute atomic E-state index is 0.128. The van der Waals surface area contributed by atoms with E-state index in [1.165, 1.54) is 4.57 Å². The SMILES string of the molecule is Cc1cccc(NC(=O)Cn2c(=O)c(CCC(=O)NCc3ccccc3)nc3ccccc32)c1. The van der Waals surface area contributed by atoms with Gasteiger partial charge in [0, 0.05) is 25.1 Å². The highest BCUT2D eigenvalue weighted by atomic mass is 16.2. The van der Waals surface area contributed by atoms with Crippen LogP contribution in [-0.4, -0.2) is 21.4 Å². The van der Waals surface area contributed by atoms with Crippen LogP contribution < -0.4 is 16.2 Å². The molecular formula is C27H26N4O3. The molecule has 4 aromatic rings. The van der Waals surface area contributed by atoms with E-state index in [1.54, 1.807) is 24.3 Å². The molecule has 0 bridgehead atoms. The minimum Gasteiger partial charge on any atom is -0.352 e. The summed E-state index contributed by atoms with van der Waals surface area (Å²) in [6.45, 7) is 2.22. The van der Waals surface area contributed by atoms with E-state index < -0.39 is 0 Å². The molecule has 0 spiro atoms. The van der Waals surface area contributed by atoms with Gasteiger partial charge < -0.3 is 10.6 Å². The topological polar surface area (TPSA) is 93.1 Å². The van der Waals surface area contributed by atoms with Crippen LogP contribution in [0.15, 0.2) is 83.7 Å². The summed E-state index contributed by atoms with van der Waals surface area (Å²) < 4.78 is 1.42. The van der Waals surface area contributed by atoms with Crippen LogP contribution in [0, 0.1) is 6.92 Å². The van der Waals surface area contributed by atoms with Crippen LogP contribution in [0.5, 0.6) is 0 Å². The lowest BCUT2D eigenvalue weighted by Gasteiger charge is -2.13. The lowest BCUT2D eigenvalue weighted by atomic mass is 10.2. The molecule has 172 valence electrons. The standard InChI is InChI=1S/C27H26N4O3/c1-19-8-7-11-21(16-19)29-26(33)18-31-24-13-6-5-12-22(24)30-23(27(31)34)14-15-25(32)28-17-20-9-3-2-4-10-20/h2-13,16H,14-15,17-18H2,1H3,(H,28,32)(H,29,33). The Morgan fingerprint density at radius 1 is 0.912 bits per heavy atom. The van der Waals surface area contributed by atoms with Crippen LogP contribution in [-0.2, 0) is 29.1 Å². The minimum atomic E-state index is -0.367. The number of rotatable bonds is 8. The van der Waals surface area contributed by atoms with Crippen LogP contribution in [0.3, 0.4) is 0 Å². The molecule has 3 aromatic carbocycles. The number of hydrogen-bond acceptors (Lipinski definition) is 4. The third-order valence-corrected chi connectivity index (χ3v) is 5.44. The predicted octanol–water partition coefficient (Wildman–Crippen LogP) is 3.59. The Morgan fingerprint density at radius 3 is 2.47 bits per heavy atom. The third kappa shape index (κ3) is 5.75. The fraction of sp³-hybridized carbons (Fsp3) is 0.185. The quantitative estimate of drug-likeness (QED) is 0.426. The highest BCUT2D eigenvalue weighted by Crippen LogP contribution is 2.13. The molecule has 0 radical (unpaired) electrons. The molecule has 34 heavy (non-hydrogen) atoms. The number of carbonyl (C=O) groups is 2. The van der Waals surface area contributed by atoms with Crippen molar-refractivity contribution in [3.63, 3.8) is 0 Å². The molecular weight excluding hydrogens is 428 g/mol. The maximum absolute atomic E-state index is 13.2. The van der Waals surface area contributed by atoms with E-state index in [-0.39, 0.29) is 42.5 Å². The van der Waals surface area contributed by atoms with Crippen molar-refractivity contribution in [3.8, 4) is 0 Å². The zero-order chi connectivity index (χ0) is 23.9. The van der Waals surface area contributed by atoms with Gasteiger partial charge in [-0.05, 0) is 42.3 Å². The molecule has 2 amide bonds. The summed E-state index contributed by atoms with van der Waals surface area (Å²) in [5.74, 6) is -0.474. The first kappa shape index (κ1) is 22.9. The number of nitrogens with zero attached hydrogens (tertiary/aromatic N) is 2. The first-order valence-electron chi connectivity index (χ1n) is 11.2. The summed E-state index contributed by atoms with van der Waals surface area (Å²) in [5.41, 5.74) is 3.77. The zero-order valence-electron chi connectivity index (χ0n) is 19.0. The van der Waals surface area contributed by atoms with Crippen molar-refractivity contribution in [2.75, 3.05) is 5.32 Å². The predicted molar refractivity (Wildman–Crippen MR) is 132 cm³/mol. The Hall–Kier alpha value is -4.26. The molecule has 0 atom stereocenters. The van der Waals surface area contributed by atoms with E-state index in [9.17, 15) is 14.4 Å². The molecule has 0 fully saturated rings. The van der Waals surface area contributed by atoms with Crippen LogP contribution in [0.25, 0.3) is 11.0 Å². The number of carbonyl (C=O) groups excluding carboxylic acids is 2. The second-order valence-corrected chi connectivity index (χ2v) is 8.12. The molecule has 0 aliphatic heterocycles. The van der Waals surface area contributed by atoms with E-state index in [4.69, 9.17) is 0 Å². The van der Waals surface area contributed by atoms with Crippen molar-refractivity contribution in [2.24, 2.45) is 0 Å². The molecule has 0 saturated carbocycles. The number of benzene rings is 3. The van der Waals surface area contributed by atoms with E-state index in [2.05, 4.69) is 15.6 Å². The van der Waals surface area contributed by atoms with E-state index >= 15 is 0 Å². The van der Waals surface area contributed by atoms with Crippen molar-refractivity contribution in [1.29, 1.82) is 0 Å². The monoisotopic (exact) mass is 454 g/mol. The Bertz CT molecular complexity index is 1380. The van der Waals surface area contributed by atoms with Crippen LogP contribution >= 0.6 is 0 Å². The highest BCUT2D eigenvalue weighted by Gasteiger charge is 2.15. The van der Waals surface area contributed by atoms with Crippen LogP contribution in [0.4, 0.5) is 5.69 Å². The highest BCUT2D eigenvalue weighted by molar-refractivity contribution is 5.91. The molecule has 4 rings (SSSR count). The second-order valence-electron chi connectivity index (χ2n) is 8.12. The summed E-state index contributed by atoms with van der Waals surface area (Å²) in [4.78, 5) is 42.8. The van der Waals surface area contributed by atoms with Crippen molar-refractivity contribution in [3.05, 3.63) is 106 Å². The number of anilines is 1. The number of fused-ring (bicyclic) bond motifs is 1. The Balaban J connectivity index is 1.49. The maximum atomic E-state index is 13.2. The largest absolute Gasteiger partial charge is 0.352 e. The molecule has 1 heterocycles. The Labute approximate surface area is 197 Å². The average molecular weight is 455 g/mol. The Kier molecular flexibility index (Phi) is 7.13. The van der Waals surface area contributed by atoms with Gasteiger partial charge in [-0.25, -0.2) is 4.98 Å². The number of hydrogen-bond donors (Lipinski definition) is 2. The van der Waals surface area contributed by atoms with Crippen LogP contribution in [0.1, 0.15) is 23.2 Å². The third-order valence-electron chi connectivity index (χ3n) is 5.44. The van der Waals surface area contributed by atoms with Gasteiger partial charge in [-0.2, -0.15) is 0 Å².